The summed E-state index contributed by atoms with van der Waals surface area (Å²) in [4.78, 5) is 5.39. The summed E-state index contributed by atoms with van der Waals surface area (Å²) >= 11 is 1.53. The molecule has 1 atom stereocenters. The molecule has 0 saturated heterocycles. The van der Waals surface area contributed by atoms with Crippen LogP contribution in [0, 0.1) is 12.8 Å². The van der Waals surface area contributed by atoms with E-state index in [2.05, 4.69) is 20.0 Å². The Hall–Kier alpha value is -1.32. The fourth-order valence-electron chi connectivity index (χ4n) is 2.04. The Kier molecular flexibility index (Phi) is 3.35. The van der Waals surface area contributed by atoms with E-state index in [0.717, 1.165) is 22.7 Å². The van der Waals surface area contributed by atoms with Crippen LogP contribution in [0.4, 0.5) is 0 Å². The molecule has 108 valence electrons. The molecular formula is C11H15N5O2S2. The molecule has 1 saturated carbocycles. The van der Waals surface area contributed by atoms with E-state index >= 15 is 0 Å². The molecule has 9 heteroatoms. The highest BCUT2D eigenvalue weighted by Gasteiger charge is 2.37. The molecule has 0 aromatic carbocycles. The van der Waals surface area contributed by atoms with Crippen molar-refractivity contribution < 1.29 is 8.42 Å². The number of sulfonamides is 1. The van der Waals surface area contributed by atoms with Crippen LogP contribution in [0.2, 0.25) is 0 Å². The molecule has 3 rings (SSSR count). The van der Waals surface area contributed by atoms with Gasteiger partial charge >= 0.3 is 0 Å². The second-order valence-corrected chi connectivity index (χ2v) is 7.87. The monoisotopic (exact) mass is 313 g/mol. The molecule has 1 aliphatic carbocycles. The van der Waals surface area contributed by atoms with Gasteiger partial charge in [0.15, 0.2) is 5.03 Å². The maximum absolute atomic E-state index is 12.4. The highest BCUT2D eigenvalue weighted by molar-refractivity contribution is 7.89. The molecule has 1 N–H and O–H groups in total. The standard InChI is InChI=1S/C11H15N5O2S2/c1-7-5-12-11(19-7)10(8-3-4-8)14-20(17,18)9-6-13-15-16(9)2/h5-6,8,10,14H,3-4H2,1-2H3. The predicted molar refractivity (Wildman–Crippen MR) is 73.6 cm³/mol. The minimum absolute atomic E-state index is 0.0661. The normalized spacial score (nSPS) is 17.3. The summed E-state index contributed by atoms with van der Waals surface area (Å²) < 4.78 is 28.8. The Labute approximate surface area is 121 Å². The van der Waals surface area contributed by atoms with Crippen molar-refractivity contribution in [1.29, 1.82) is 0 Å². The number of aryl methyl sites for hydroxylation is 2. The summed E-state index contributed by atoms with van der Waals surface area (Å²) in [5.41, 5.74) is 0. The van der Waals surface area contributed by atoms with Gasteiger partial charge in [0, 0.05) is 18.1 Å². The number of nitrogens with zero attached hydrogens (tertiary/aromatic N) is 4. The zero-order valence-corrected chi connectivity index (χ0v) is 12.8. The smallest absolute Gasteiger partial charge is 0.248 e. The van der Waals surface area contributed by atoms with E-state index in [4.69, 9.17) is 0 Å². The number of thiazole rings is 1. The summed E-state index contributed by atoms with van der Waals surface area (Å²) in [5, 5.41) is 8.16. The van der Waals surface area contributed by atoms with Crippen molar-refractivity contribution in [2.24, 2.45) is 13.0 Å². The molecule has 2 aromatic heterocycles. The lowest BCUT2D eigenvalue weighted by molar-refractivity contribution is 0.516. The number of nitrogens with one attached hydrogen (secondary N) is 1. The van der Waals surface area contributed by atoms with Gasteiger partial charge in [0.2, 0.25) is 0 Å². The molecule has 2 aromatic rings. The first-order valence-corrected chi connectivity index (χ1v) is 8.56. The Morgan fingerprint density at radius 3 is 2.70 bits per heavy atom. The van der Waals surface area contributed by atoms with Crippen molar-refractivity contribution in [2.45, 2.75) is 30.8 Å². The van der Waals surface area contributed by atoms with Gasteiger partial charge in [0.25, 0.3) is 10.0 Å². The van der Waals surface area contributed by atoms with E-state index in [1.807, 2.05) is 6.92 Å². The zero-order valence-electron chi connectivity index (χ0n) is 11.1. The SMILES string of the molecule is Cc1cnc(C(NS(=O)(=O)c2cnnn2C)C2CC2)s1. The van der Waals surface area contributed by atoms with Crippen LogP contribution in [0.1, 0.15) is 28.8 Å². The van der Waals surface area contributed by atoms with Crippen molar-refractivity contribution in [1.82, 2.24) is 24.7 Å². The van der Waals surface area contributed by atoms with E-state index in [1.165, 1.54) is 22.2 Å². The van der Waals surface area contributed by atoms with Gasteiger partial charge in [-0.05, 0) is 25.7 Å². The molecule has 20 heavy (non-hydrogen) atoms. The van der Waals surface area contributed by atoms with E-state index in [1.54, 1.807) is 13.2 Å². The second kappa shape index (κ2) is 4.90. The van der Waals surface area contributed by atoms with Gasteiger partial charge < -0.3 is 0 Å². The van der Waals surface area contributed by atoms with Crippen molar-refractivity contribution in [2.75, 3.05) is 0 Å². The molecule has 0 spiro atoms. The van der Waals surface area contributed by atoms with E-state index in [0.29, 0.717) is 5.92 Å². The van der Waals surface area contributed by atoms with Crippen molar-refractivity contribution in [3.63, 3.8) is 0 Å². The van der Waals surface area contributed by atoms with Crippen LogP contribution < -0.4 is 4.72 Å². The van der Waals surface area contributed by atoms with Gasteiger partial charge in [0.1, 0.15) is 5.01 Å². The first-order chi connectivity index (χ1) is 9.47. The Morgan fingerprint density at radius 2 is 2.20 bits per heavy atom. The Bertz CT molecular complexity index is 717. The number of aromatic nitrogens is 4. The summed E-state index contributed by atoms with van der Waals surface area (Å²) in [5.74, 6) is 0.330. The highest BCUT2D eigenvalue weighted by atomic mass is 32.2. The fraction of sp³-hybridized carbons (Fsp3) is 0.545. The van der Waals surface area contributed by atoms with Crippen LogP contribution in [-0.4, -0.2) is 28.4 Å². The molecule has 2 heterocycles. The molecule has 0 radical (unpaired) electrons. The predicted octanol–water partition coefficient (Wildman–Crippen LogP) is 1.01. The lowest BCUT2D eigenvalue weighted by Gasteiger charge is -2.15. The van der Waals surface area contributed by atoms with Crippen molar-refractivity contribution in [3.8, 4) is 0 Å². The summed E-state index contributed by atoms with van der Waals surface area (Å²) in [6.07, 6.45) is 5.07. The largest absolute Gasteiger partial charge is 0.260 e. The lowest BCUT2D eigenvalue weighted by atomic mass is 10.2. The molecule has 0 bridgehead atoms. The van der Waals surface area contributed by atoms with Crippen LogP contribution in [-0.2, 0) is 17.1 Å². The van der Waals surface area contributed by atoms with Crippen LogP contribution in [0.25, 0.3) is 0 Å². The number of hydrogen-bond donors (Lipinski definition) is 1. The van der Waals surface area contributed by atoms with Gasteiger partial charge in [0.05, 0.1) is 12.2 Å². The molecule has 0 aliphatic heterocycles. The minimum atomic E-state index is -3.64. The third kappa shape index (κ3) is 2.60. The van der Waals surface area contributed by atoms with E-state index in [9.17, 15) is 8.42 Å². The molecule has 1 aliphatic rings. The van der Waals surface area contributed by atoms with Crippen LogP contribution in [0.5, 0.6) is 0 Å². The first-order valence-electron chi connectivity index (χ1n) is 6.27. The summed E-state index contributed by atoms with van der Waals surface area (Å²) in [7, 11) is -2.08. The van der Waals surface area contributed by atoms with Crippen molar-refractivity contribution >= 4 is 21.4 Å². The van der Waals surface area contributed by atoms with Crippen LogP contribution >= 0.6 is 11.3 Å². The van der Waals surface area contributed by atoms with E-state index < -0.39 is 10.0 Å². The maximum atomic E-state index is 12.4. The zero-order chi connectivity index (χ0) is 14.3. The third-order valence-electron chi connectivity index (χ3n) is 3.23. The number of rotatable bonds is 5. The second-order valence-electron chi connectivity index (χ2n) is 4.94. The lowest BCUT2D eigenvalue weighted by Crippen LogP contribution is -2.31. The average molecular weight is 313 g/mol. The summed E-state index contributed by atoms with van der Waals surface area (Å²) in [6.45, 7) is 1.96. The first kappa shape index (κ1) is 13.7. The molecule has 0 amide bonds. The Balaban J connectivity index is 1.89. The van der Waals surface area contributed by atoms with Gasteiger partial charge in [-0.1, -0.05) is 5.21 Å². The molecule has 1 fully saturated rings. The topological polar surface area (TPSA) is 89.8 Å². The maximum Gasteiger partial charge on any atom is 0.260 e. The fourth-order valence-corrected chi connectivity index (χ4v) is 4.37. The van der Waals surface area contributed by atoms with Gasteiger partial charge in [-0.3, -0.25) is 0 Å². The highest BCUT2D eigenvalue weighted by Crippen LogP contribution is 2.42. The van der Waals surface area contributed by atoms with E-state index in [-0.39, 0.29) is 11.1 Å². The average Bonchev–Trinajstić information content (AvgIpc) is 2.99. The molecule has 1 unspecified atom stereocenters. The van der Waals surface area contributed by atoms with Gasteiger partial charge in [-0.25, -0.2) is 18.1 Å². The van der Waals surface area contributed by atoms with Gasteiger partial charge in [-0.15, -0.1) is 16.4 Å². The van der Waals surface area contributed by atoms with Crippen LogP contribution in [0.3, 0.4) is 0 Å². The molecule has 7 nitrogen and oxygen atoms in total. The number of hydrogen-bond acceptors (Lipinski definition) is 6. The van der Waals surface area contributed by atoms with Crippen LogP contribution in [0.15, 0.2) is 17.4 Å². The van der Waals surface area contributed by atoms with Gasteiger partial charge in [-0.2, -0.15) is 4.72 Å². The van der Waals surface area contributed by atoms with Crippen molar-refractivity contribution in [3.05, 3.63) is 22.3 Å². The summed E-state index contributed by atoms with van der Waals surface area (Å²) in [6, 6.07) is -0.256. The third-order valence-corrected chi connectivity index (χ3v) is 5.71. The quantitative estimate of drug-likeness (QED) is 0.889. The minimum Gasteiger partial charge on any atom is -0.248 e. The molecular weight excluding hydrogens is 298 g/mol. The Morgan fingerprint density at radius 1 is 1.45 bits per heavy atom.